The number of halogens is 1. The van der Waals surface area contributed by atoms with E-state index in [9.17, 15) is 14.5 Å². The number of aryl methyl sites for hydroxylation is 1. The molecule has 5 nitrogen and oxygen atoms in total. The van der Waals surface area contributed by atoms with E-state index in [0.717, 1.165) is 5.56 Å². The first-order chi connectivity index (χ1) is 8.97. The standard InChI is InChI=1S/C13H12FN3O2/c1-8-2-4-12(10(14)6-8)16-9-3-5-13(17(18)19)11(15)7-9/h2-7,16H,15H2,1H3. The Labute approximate surface area is 109 Å². The van der Waals surface area contributed by atoms with Gasteiger partial charge in [-0.3, -0.25) is 10.1 Å². The summed E-state index contributed by atoms with van der Waals surface area (Å²) in [7, 11) is 0. The molecule has 3 N–H and O–H groups in total. The van der Waals surface area contributed by atoms with Crippen molar-refractivity contribution >= 4 is 22.7 Å². The van der Waals surface area contributed by atoms with Crippen LogP contribution in [0.1, 0.15) is 5.56 Å². The summed E-state index contributed by atoms with van der Waals surface area (Å²) >= 11 is 0. The van der Waals surface area contributed by atoms with Crippen LogP contribution < -0.4 is 11.1 Å². The molecule has 0 radical (unpaired) electrons. The van der Waals surface area contributed by atoms with Crippen LogP contribution in [-0.4, -0.2) is 4.92 Å². The zero-order valence-electron chi connectivity index (χ0n) is 10.2. The molecule has 0 aliphatic heterocycles. The van der Waals surface area contributed by atoms with E-state index in [0.29, 0.717) is 11.4 Å². The van der Waals surface area contributed by atoms with Crippen molar-refractivity contribution in [1.29, 1.82) is 0 Å². The van der Waals surface area contributed by atoms with Gasteiger partial charge in [0.25, 0.3) is 5.69 Å². The highest BCUT2D eigenvalue weighted by atomic mass is 19.1. The monoisotopic (exact) mass is 261 g/mol. The molecule has 0 aliphatic carbocycles. The molecule has 0 saturated heterocycles. The molecular weight excluding hydrogens is 249 g/mol. The van der Waals surface area contributed by atoms with Gasteiger partial charge in [-0.2, -0.15) is 0 Å². The van der Waals surface area contributed by atoms with Gasteiger partial charge in [-0.15, -0.1) is 0 Å². The molecule has 6 heteroatoms. The van der Waals surface area contributed by atoms with Gasteiger partial charge in [-0.25, -0.2) is 4.39 Å². The van der Waals surface area contributed by atoms with Gasteiger partial charge in [0.15, 0.2) is 0 Å². The van der Waals surface area contributed by atoms with E-state index in [1.807, 2.05) is 0 Å². The highest BCUT2D eigenvalue weighted by molar-refractivity contribution is 5.70. The number of nitro benzene ring substituents is 1. The number of benzene rings is 2. The minimum Gasteiger partial charge on any atom is -0.393 e. The van der Waals surface area contributed by atoms with Crippen LogP contribution >= 0.6 is 0 Å². The van der Waals surface area contributed by atoms with E-state index < -0.39 is 10.7 Å². The molecule has 19 heavy (non-hydrogen) atoms. The van der Waals surface area contributed by atoms with E-state index in [-0.39, 0.29) is 11.4 Å². The van der Waals surface area contributed by atoms with Gasteiger partial charge in [0.1, 0.15) is 11.5 Å². The Bertz CT molecular complexity index is 644. The van der Waals surface area contributed by atoms with E-state index >= 15 is 0 Å². The third-order valence-corrected chi connectivity index (χ3v) is 2.63. The van der Waals surface area contributed by atoms with Gasteiger partial charge < -0.3 is 11.1 Å². The van der Waals surface area contributed by atoms with Crippen molar-refractivity contribution in [3.63, 3.8) is 0 Å². The molecule has 98 valence electrons. The number of nitro groups is 1. The van der Waals surface area contributed by atoms with Crippen LogP contribution in [0.25, 0.3) is 0 Å². The zero-order chi connectivity index (χ0) is 14.0. The number of hydrogen-bond donors (Lipinski definition) is 2. The summed E-state index contributed by atoms with van der Waals surface area (Å²) in [5, 5.41) is 13.5. The Balaban J connectivity index is 2.29. The van der Waals surface area contributed by atoms with E-state index in [1.165, 1.54) is 24.3 Å². The van der Waals surface area contributed by atoms with Gasteiger partial charge in [-0.05, 0) is 36.8 Å². The summed E-state index contributed by atoms with van der Waals surface area (Å²) in [6, 6.07) is 8.93. The van der Waals surface area contributed by atoms with E-state index in [1.54, 1.807) is 19.1 Å². The number of anilines is 3. The number of nitrogen functional groups attached to an aromatic ring is 1. The van der Waals surface area contributed by atoms with E-state index in [2.05, 4.69) is 5.32 Å². The number of hydrogen-bond acceptors (Lipinski definition) is 4. The molecule has 0 saturated carbocycles. The molecule has 0 bridgehead atoms. The van der Waals surface area contributed by atoms with Crippen LogP contribution in [0, 0.1) is 22.9 Å². The first-order valence-electron chi connectivity index (χ1n) is 5.54. The van der Waals surface area contributed by atoms with E-state index in [4.69, 9.17) is 5.73 Å². The Hall–Kier alpha value is -2.63. The number of nitrogens with zero attached hydrogens (tertiary/aromatic N) is 1. The molecule has 0 unspecified atom stereocenters. The normalized spacial score (nSPS) is 10.2. The lowest BCUT2D eigenvalue weighted by Gasteiger charge is -2.09. The average molecular weight is 261 g/mol. The third kappa shape index (κ3) is 2.79. The fraction of sp³-hybridized carbons (Fsp3) is 0.0769. The Morgan fingerprint density at radius 1 is 1.26 bits per heavy atom. The largest absolute Gasteiger partial charge is 0.393 e. The van der Waals surface area contributed by atoms with Crippen molar-refractivity contribution in [3.8, 4) is 0 Å². The van der Waals surface area contributed by atoms with Gasteiger partial charge in [0.2, 0.25) is 0 Å². The Morgan fingerprint density at radius 3 is 2.58 bits per heavy atom. The lowest BCUT2D eigenvalue weighted by atomic mass is 10.2. The maximum Gasteiger partial charge on any atom is 0.292 e. The molecule has 2 rings (SSSR count). The highest BCUT2D eigenvalue weighted by Crippen LogP contribution is 2.27. The van der Waals surface area contributed by atoms with Gasteiger partial charge >= 0.3 is 0 Å². The fourth-order valence-corrected chi connectivity index (χ4v) is 1.68. The van der Waals surface area contributed by atoms with Crippen LogP contribution in [0.15, 0.2) is 36.4 Å². The smallest absolute Gasteiger partial charge is 0.292 e. The first kappa shape index (κ1) is 12.8. The summed E-state index contributed by atoms with van der Waals surface area (Å²) in [5.41, 5.74) is 7.01. The van der Waals surface area contributed by atoms with Gasteiger partial charge in [-0.1, -0.05) is 6.07 Å². The third-order valence-electron chi connectivity index (χ3n) is 2.63. The molecule has 0 amide bonds. The lowest BCUT2D eigenvalue weighted by Crippen LogP contribution is -1.98. The molecule has 2 aromatic carbocycles. The molecular formula is C13H12FN3O2. The lowest BCUT2D eigenvalue weighted by molar-refractivity contribution is -0.383. The van der Waals surface area contributed by atoms with Crippen LogP contribution in [-0.2, 0) is 0 Å². The summed E-state index contributed by atoms with van der Waals surface area (Å²) < 4.78 is 13.6. The van der Waals surface area contributed by atoms with Gasteiger partial charge in [0, 0.05) is 11.8 Å². The van der Waals surface area contributed by atoms with Crippen LogP contribution in [0.5, 0.6) is 0 Å². The molecule has 0 atom stereocenters. The van der Waals surface area contributed by atoms with Crippen molar-refractivity contribution in [2.24, 2.45) is 0 Å². The summed E-state index contributed by atoms with van der Waals surface area (Å²) in [4.78, 5) is 10.1. The first-order valence-corrected chi connectivity index (χ1v) is 5.54. The predicted octanol–water partition coefficient (Wildman–Crippen LogP) is 3.37. The zero-order valence-corrected chi connectivity index (χ0v) is 10.2. The molecule has 0 spiro atoms. The number of nitrogens with two attached hydrogens (primary N) is 1. The minimum atomic E-state index is -0.564. The van der Waals surface area contributed by atoms with Crippen LogP contribution in [0.3, 0.4) is 0 Å². The summed E-state index contributed by atoms with van der Waals surface area (Å²) in [5.74, 6) is -0.392. The topological polar surface area (TPSA) is 81.2 Å². The molecule has 0 heterocycles. The van der Waals surface area contributed by atoms with Crippen molar-refractivity contribution in [3.05, 3.63) is 57.9 Å². The maximum absolute atomic E-state index is 13.6. The minimum absolute atomic E-state index is 0.0301. The quantitative estimate of drug-likeness (QED) is 0.504. The highest BCUT2D eigenvalue weighted by Gasteiger charge is 2.11. The SMILES string of the molecule is Cc1ccc(Nc2ccc([N+](=O)[O-])c(N)c2)c(F)c1. The Morgan fingerprint density at radius 2 is 2.00 bits per heavy atom. The fourth-order valence-electron chi connectivity index (χ4n) is 1.68. The van der Waals surface area contributed by atoms with Crippen molar-refractivity contribution in [2.45, 2.75) is 6.92 Å². The second-order valence-corrected chi connectivity index (χ2v) is 4.14. The predicted molar refractivity (Wildman–Crippen MR) is 71.9 cm³/mol. The maximum atomic E-state index is 13.6. The van der Waals surface area contributed by atoms with Crippen molar-refractivity contribution in [1.82, 2.24) is 0 Å². The summed E-state index contributed by atoms with van der Waals surface area (Å²) in [6.07, 6.45) is 0. The Kier molecular flexibility index (Phi) is 3.33. The molecule has 0 aromatic heterocycles. The molecule has 0 fully saturated rings. The molecule has 0 aliphatic rings. The van der Waals surface area contributed by atoms with Crippen molar-refractivity contribution < 1.29 is 9.31 Å². The average Bonchev–Trinajstić information content (AvgIpc) is 2.32. The van der Waals surface area contributed by atoms with Gasteiger partial charge in [0.05, 0.1) is 10.6 Å². The number of nitrogens with one attached hydrogen (secondary N) is 1. The van der Waals surface area contributed by atoms with Crippen molar-refractivity contribution in [2.75, 3.05) is 11.1 Å². The van der Waals surface area contributed by atoms with Crippen LogP contribution in [0.2, 0.25) is 0 Å². The molecule has 2 aromatic rings. The summed E-state index contributed by atoms with van der Waals surface area (Å²) in [6.45, 7) is 1.79. The number of rotatable bonds is 3. The van der Waals surface area contributed by atoms with Crippen LogP contribution in [0.4, 0.5) is 27.1 Å². The second kappa shape index (κ2) is 4.93. The second-order valence-electron chi connectivity index (χ2n) is 4.14.